The van der Waals surface area contributed by atoms with Crippen LogP contribution in [0.5, 0.6) is 0 Å². The molecule has 0 radical (unpaired) electrons. The topological polar surface area (TPSA) is 36.4 Å². The lowest BCUT2D eigenvalue weighted by Gasteiger charge is -2.15. The van der Waals surface area contributed by atoms with Crippen molar-refractivity contribution in [1.29, 1.82) is 0 Å². The molecule has 24 heavy (non-hydrogen) atoms. The molecule has 1 atom stereocenters. The second-order valence-electron chi connectivity index (χ2n) is 6.42. The third-order valence-electron chi connectivity index (χ3n) is 4.39. The molecule has 3 nitrogen and oxygen atoms in total. The Kier molecular flexibility index (Phi) is 6.42. The fourth-order valence-electron chi connectivity index (χ4n) is 2.93. The van der Waals surface area contributed by atoms with Crippen LogP contribution in [-0.2, 0) is 6.42 Å². The van der Waals surface area contributed by atoms with E-state index in [1.54, 1.807) is 7.05 Å². The zero-order valence-electron chi connectivity index (χ0n) is 15.2. The van der Waals surface area contributed by atoms with Gasteiger partial charge >= 0.3 is 0 Å². The number of rotatable bonds is 6. The fraction of sp³-hybridized carbons (Fsp3) is 0.381. The lowest BCUT2D eigenvalue weighted by Crippen LogP contribution is -2.26. The highest BCUT2D eigenvalue weighted by molar-refractivity contribution is 5.99. The molecule has 1 saturated heterocycles. The average molecular weight is 323 g/mol. The molecular formula is C21H29N3. The molecular weight excluding hydrogens is 294 g/mol. The standard InChI is InChI=1S/C21H29N3/c1-6-8-18-9-7-10-19(13-18)15(2)11-21(22-5)24-17(4)20-12-16(3)23-14-20/h7,9-11,13,20,23H,3-4,6,8,12,14H2,1-2,5H3,(H,22,24)/b15-11+/t20-/m0/s1. The Morgan fingerprint density at radius 1 is 1.46 bits per heavy atom. The van der Waals surface area contributed by atoms with Crippen molar-refractivity contribution in [3.8, 4) is 0 Å². The van der Waals surface area contributed by atoms with Crippen molar-refractivity contribution in [3.63, 3.8) is 0 Å². The predicted molar refractivity (Wildman–Crippen MR) is 105 cm³/mol. The summed E-state index contributed by atoms with van der Waals surface area (Å²) < 4.78 is 0. The van der Waals surface area contributed by atoms with Crippen molar-refractivity contribution in [1.82, 2.24) is 10.6 Å². The minimum Gasteiger partial charge on any atom is -0.388 e. The summed E-state index contributed by atoms with van der Waals surface area (Å²) in [5.41, 5.74) is 5.89. The van der Waals surface area contributed by atoms with E-state index < -0.39 is 0 Å². The molecule has 2 rings (SSSR count). The minimum atomic E-state index is 0.371. The molecule has 1 aromatic carbocycles. The monoisotopic (exact) mass is 323 g/mol. The van der Waals surface area contributed by atoms with E-state index in [1.807, 2.05) is 0 Å². The van der Waals surface area contributed by atoms with Crippen LogP contribution in [-0.4, -0.2) is 19.4 Å². The van der Waals surface area contributed by atoms with Crippen molar-refractivity contribution in [2.75, 3.05) is 13.6 Å². The van der Waals surface area contributed by atoms with Gasteiger partial charge in [0.2, 0.25) is 0 Å². The maximum atomic E-state index is 4.37. The molecule has 0 amide bonds. The van der Waals surface area contributed by atoms with Crippen LogP contribution in [0.4, 0.5) is 0 Å². The average Bonchev–Trinajstić information content (AvgIpc) is 3.01. The van der Waals surface area contributed by atoms with Crippen LogP contribution in [0.3, 0.4) is 0 Å². The normalized spacial score (nSPS) is 18.5. The Hall–Kier alpha value is -2.29. The Morgan fingerprint density at radius 3 is 2.88 bits per heavy atom. The zero-order chi connectivity index (χ0) is 17.5. The predicted octanol–water partition coefficient (Wildman–Crippen LogP) is 4.30. The molecule has 0 unspecified atom stereocenters. The highest BCUT2D eigenvalue weighted by Crippen LogP contribution is 2.21. The molecule has 0 aromatic heterocycles. The van der Waals surface area contributed by atoms with Gasteiger partial charge in [0.1, 0.15) is 5.84 Å². The van der Waals surface area contributed by atoms with Gasteiger partial charge in [-0.25, -0.2) is 0 Å². The number of benzene rings is 1. The van der Waals surface area contributed by atoms with Crippen molar-refractivity contribution < 1.29 is 0 Å². The third kappa shape index (κ3) is 4.85. The molecule has 1 aliphatic heterocycles. The minimum absolute atomic E-state index is 0.371. The van der Waals surface area contributed by atoms with Crippen molar-refractivity contribution >= 4 is 11.4 Å². The van der Waals surface area contributed by atoms with Gasteiger partial charge in [0.05, 0.1) is 0 Å². The first-order valence-electron chi connectivity index (χ1n) is 8.65. The summed E-state index contributed by atoms with van der Waals surface area (Å²) in [6.07, 6.45) is 5.30. The summed E-state index contributed by atoms with van der Waals surface area (Å²) in [7, 11) is 1.80. The summed E-state index contributed by atoms with van der Waals surface area (Å²) in [6.45, 7) is 13.4. The first-order valence-corrected chi connectivity index (χ1v) is 8.65. The molecule has 0 spiro atoms. The second-order valence-corrected chi connectivity index (χ2v) is 6.42. The molecule has 1 aromatic rings. The lowest BCUT2D eigenvalue weighted by molar-refractivity contribution is 0.657. The molecule has 0 aliphatic carbocycles. The Balaban J connectivity index is 2.07. The van der Waals surface area contributed by atoms with E-state index in [2.05, 4.69) is 73.0 Å². The van der Waals surface area contributed by atoms with E-state index >= 15 is 0 Å². The number of nitrogens with zero attached hydrogens (tertiary/aromatic N) is 1. The maximum absolute atomic E-state index is 4.37. The number of allylic oxidation sites excluding steroid dienone is 2. The Morgan fingerprint density at radius 2 is 2.25 bits per heavy atom. The molecule has 1 fully saturated rings. The van der Waals surface area contributed by atoms with Crippen molar-refractivity contribution in [2.24, 2.45) is 10.9 Å². The van der Waals surface area contributed by atoms with Crippen molar-refractivity contribution in [3.05, 3.63) is 66.0 Å². The molecule has 0 bridgehead atoms. The van der Waals surface area contributed by atoms with E-state index in [4.69, 9.17) is 0 Å². The number of nitrogens with one attached hydrogen (secondary N) is 2. The van der Waals surface area contributed by atoms with Gasteiger partial charge in [0.15, 0.2) is 0 Å². The third-order valence-corrected chi connectivity index (χ3v) is 4.39. The molecule has 3 heteroatoms. The van der Waals surface area contributed by atoms with E-state index in [0.717, 1.165) is 43.0 Å². The van der Waals surface area contributed by atoms with Gasteiger partial charge in [-0.2, -0.15) is 0 Å². The smallest absolute Gasteiger partial charge is 0.125 e. The summed E-state index contributed by atoms with van der Waals surface area (Å²) in [4.78, 5) is 4.37. The van der Waals surface area contributed by atoms with Crippen LogP contribution < -0.4 is 10.6 Å². The quantitative estimate of drug-likeness (QED) is 0.605. The largest absolute Gasteiger partial charge is 0.388 e. The first-order chi connectivity index (χ1) is 11.5. The number of aryl methyl sites for hydroxylation is 1. The van der Waals surface area contributed by atoms with Crippen LogP contribution in [0.1, 0.15) is 37.8 Å². The van der Waals surface area contributed by atoms with Gasteiger partial charge in [0.25, 0.3) is 0 Å². The lowest BCUT2D eigenvalue weighted by atomic mass is 10.0. The summed E-state index contributed by atoms with van der Waals surface area (Å²) in [5.74, 6) is 1.21. The summed E-state index contributed by atoms with van der Waals surface area (Å²) >= 11 is 0. The summed E-state index contributed by atoms with van der Waals surface area (Å²) in [5, 5.41) is 6.64. The number of hydrogen-bond acceptors (Lipinski definition) is 2. The van der Waals surface area contributed by atoms with Crippen LogP contribution >= 0.6 is 0 Å². The number of hydrogen-bond donors (Lipinski definition) is 2. The number of amidine groups is 1. The second kappa shape index (κ2) is 8.53. The van der Waals surface area contributed by atoms with E-state index in [-0.39, 0.29) is 0 Å². The Bertz CT molecular complexity index is 667. The van der Waals surface area contributed by atoms with E-state index in [1.165, 1.54) is 16.7 Å². The van der Waals surface area contributed by atoms with Gasteiger partial charge in [-0.05, 0) is 42.5 Å². The van der Waals surface area contributed by atoms with E-state index in [9.17, 15) is 0 Å². The SMILES string of the molecule is C=C1C[C@H](C(=C)NC(/C=C(\C)c2cccc(CCC)c2)=NC)CN1. The van der Waals surface area contributed by atoms with Crippen LogP contribution in [0, 0.1) is 5.92 Å². The van der Waals surface area contributed by atoms with Gasteiger partial charge in [0, 0.05) is 30.9 Å². The van der Waals surface area contributed by atoms with Crippen LogP contribution in [0.2, 0.25) is 0 Å². The van der Waals surface area contributed by atoms with Gasteiger partial charge in [-0.3, -0.25) is 4.99 Å². The molecule has 128 valence electrons. The Labute approximate surface area is 146 Å². The highest BCUT2D eigenvalue weighted by atomic mass is 15.0. The molecule has 1 aliphatic rings. The van der Waals surface area contributed by atoms with Crippen LogP contribution in [0.15, 0.2) is 59.9 Å². The highest BCUT2D eigenvalue weighted by Gasteiger charge is 2.20. The van der Waals surface area contributed by atoms with Gasteiger partial charge in [-0.1, -0.05) is 50.8 Å². The molecule has 0 saturated carbocycles. The van der Waals surface area contributed by atoms with Crippen molar-refractivity contribution in [2.45, 2.75) is 33.1 Å². The first kappa shape index (κ1) is 18.1. The summed E-state index contributed by atoms with van der Waals surface area (Å²) in [6, 6.07) is 8.73. The maximum Gasteiger partial charge on any atom is 0.125 e. The molecule has 1 heterocycles. The van der Waals surface area contributed by atoms with Crippen LogP contribution in [0.25, 0.3) is 5.57 Å². The zero-order valence-corrected chi connectivity index (χ0v) is 15.2. The number of aliphatic imine (C=N–C) groups is 1. The fourth-order valence-corrected chi connectivity index (χ4v) is 2.93. The van der Waals surface area contributed by atoms with E-state index in [0.29, 0.717) is 5.92 Å². The molecule has 2 N–H and O–H groups in total. The van der Waals surface area contributed by atoms with Gasteiger partial charge < -0.3 is 10.6 Å². The van der Waals surface area contributed by atoms with Gasteiger partial charge in [-0.15, -0.1) is 0 Å².